The summed E-state index contributed by atoms with van der Waals surface area (Å²) in [5.41, 5.74) is 1.53. The van der Waals surface area contributed by atoms with Crippen LogP contribution in [0, 0.1) is 6.92 Å². The fraction of sp³-hybridized carbons (Fsp3) is 0.0833. The van der Waals surface area contributed by atoms with Gasteiger partial charge in [-0.3, -0.25) is 9.71 Å². The first kappa shape index (κ1) is 13.0. The van der Waals surface area contributed by atoms with E-state index in [1.807, 2.05) is 13.0 Å². The van der Waals surface area contributed by atoms with Crippen molar-refractivity contribution in [2.24, 2.45) is 0 Å². The van der Waals surface area contributed by atoms with E-state index in [2.05, 4.69) is 25.6 Å². The van der Waals surface area contributed by atoms with Crippen molar-refractivity contribution in [1.29, 1.82) is 0 Å². The van der Waals surface area contributed by atoms with E-state index in [9.17, 15) is 8.42 Å². The van der Waals surface area contributed by atoms with Crippen molar-refractivity contribution in [3.8, 4) is 0 Å². The van der Waals surface area contributed by atoms with Gasteiger partial charge in [-0.25, -0.2) is 8.42 Å². The van der Waals surface area contributed by atoms with E-state index in [4.69, 9.17) is 0 Å². The fourth-order valence-electron chi connectivity index (χ4n) is 1.46. The Labute approximate surface area is 114 Å². The summed E-state index contributed by atoms with van der Waals surface area (Å²) in [7, 11) is -3.60. The number of halogens is 1. The third-order valence-corrected chi connectivity index (χ3v) is 4.04. The largest absolute Gasteiger partial charge is 0.280 e. The van der Waals surface area contributed by atoms with Gasteiger partial charge in [-0.1, -0.05) is 12.1 Å². The number of anilines is 1. The Bertz CT molecular complexity index is 671. The zero-order valence-corrected chi connectivity index (χ0v) is 12.0. The van der Waals surface area contributed by atoms with Gasteiger partial charge in [0.1, 0.15) is 4.90 Å². The van der Waals surface area contributed by atoms with E-state index in [-0.39, 0.29) is 4.90 Å². The van der Waals surface area contributed by atoms with Gasteiger partial charge in [0.2, 0.25) is 0 Å². The molecular formula is C12H11BrN2O2S. The second-order valence-electron chi connectivity index (χ2n) is 3.81. The van der Waals surface area contributed by atoms with Crippen molar-refractivity contribution in [2.45, 2.75) is 11.8 Å². The number of rotatable bonds is 3. The number of aryl methyl sites for hydroxylation is 1. The standard InChI is InChI=1S/C12H11BrN2O2S/c1-9-3-2-4-11(5-9)15-18(16,17)12-6-10(13)7-14-8-12/h2-8,15H,1H3. The summed E-state index contributed by atoms with van der Waals surface area (Å²) in [6.07, 6.45) is 2.84. The summed E-state index contributed by atoms with van der Waals surface area (Å²) in [6.45, 7) is 1.90. The maximum absolute atomic E-state index is 12.1. The van der Waals surface area contributed by atoms with E-state index in [0.717, 1.165) is 5.56 Å². The molecule has 0 aliphatic carbocycles. The molecule has 0 spiro atoms. The molecule has 1 heterocycles. The zero-order chi connectivity index (χ0) is 13.2. The van der Waals surface area contributed by atoms with Crippen LogP contribution in [0.15, 0.2) is 52.1 Å². The maximum Gasteiger partial charge on any atom is 0.263 e. The summed E-state index contributed by atoms with van der Waals surface area (Å²) >= 11 is 3.20. The van der Waals surface area contributed by atoms with Gasteiger partial charge in [-0.2, -0.15) is 0 Å². The van der Waals surface area contributed by atoms with E-state index in [0.29, 0.717) is 10.2 Å². The van der Waals surface area contributed by atoms with Gasteiger partial charge in [0.25, 0.3) is 10.0 Å². The van der Waals surface area contributed by atoms with Gasteiger partial charge < -0.3 is 0 Å². The summed E-state index contributed by atoms with van der Waals surface area (Å²) in [6, 6.07) is 8.68. The summed E-state index contributed by atoms with van der Waals surface area (Å²) in [5.74, 6) is 0. The second-order valence-corrected chi connectivity index (χ2v) is 6.41. The minimum atomic E-state index is -3.60. The highest BCUT2D eigenvalue weighted by molar-refractivity contribution is 9.10. The highest BCUT2D eigenvalue weighted by Gasteiger charge is 2.14. The number of hydrogen-bond acceptors (Lipinski definition) is 3. The van der Waals surface area contributed by atoms with Crippen molar-refractivity contribution in [3.63, 3.8) is 0 Å². The summed E-state index contributed by atoms with van der Waals surface area (Å²) in [5, 5.41) is 0. The highest BCUT2D eigenvalue weighted by Crippen LogP contribution is 2.18. The molecular weight excluding hydrogens is 316 g/mol. The van der Waals surface area contributed by atoms with Crippen molar-refractivity contribution >= 4 is 31.6 Å². The third-order valence-electron chi connectivity index (χ3n) is 2.26. The van der Waals surface area contributed by atoms with Crippen LogP contribution in [0.25, 0.3) is 0 Å². The molecule has 1 aromatic carbocycles. The minimum absolute atomic E-state index is 0.124. The van der Waals surface area contributed by atoms with Crippen molar-refractivity contribution in [2.75, 3.05) is 4.72 Å². The molecule has 2 rings (SSSR count). The molecule has 0 saturated heterocycles. The topological polar surface area (TPSA) is 59.1 Å². The van der Waals surface area contributed by atoms with Crippen molar-refractivity contribution in [3.05, 3.63) is 52.8 Å². The van der Waals surface area contributed by atoms with E-state index >= 15 is 0 Å². The number of nitrogens with one attached hydrogen (secondary N) is 1. The Kier molecular flexibility index (Phi) is 3.68. The van der Waals surface area contributed by atoms with E-state index in [1.165, 1.54) is 18.5 Å². The maximum atomic E-state index is 12.1. The highest BCUT2D eigenvalue weighted by atomic mass is 79.9. The first-order chi connectivity index (χ1) is 8.47. The summed E-state index contributed by atoms with van der Waals surface area (Å²) < 4.78 is 27.3. The van der Waals surface area contributed by atoms with Gasteiger partial charge >= 0.3 is 0 Å². The van der Waals surface area contributed by atoms with Crippen LogP contribution in [0.2, 0.25) is 0 Å². The van der Waals surface area contributed by atoms with Gasteiger partial charge in [0.15, 0.2) is 0 Å². The van der Waals surface area contributed by atoms with Crippen molar-refractivity contribution < 1.29 is 8.42 Å². The molecule has 0 radical (unpaired) electrons. The normalized spacial score (nSPS) is 11.2. The van der Waals surface area contributed by atoms with Crippen LogP contribution in [-0.4, -0.2) is 13.4 Å². The van der Waals surface area contributed by atoms with Crippen LogP contribution < -0.4 is 4.72 Å². The molecule has 0 amide bonds. The van der Waals surface area contributed by atoms with Gasteiger partial charge in [-0.15, -0.1) is 0 Å². The molecule has 18 heavy (non-hydrogen) atoms. The van der Waals surface area contributed by atoms with Crippen LogP contribution in [0.5, 0.6) is 0 Å². The molecule has 0 unspecified atom stereocenters. The first-order valence-electron chi connectivity index (χ1n) is 5.17. The Morgan fingerprint density at radius 1 is 1.22 bits per heavy atom. The van der Waals surface area contributed by atoms with Crippen LogP contribution in [0.4, 0.5) is 5.69 Å². The number of benzene rings is 1. The number of aromatic nitrogens is 1. The van der Waals surface area contributed by atoms with Crippen molar-refractivity contribution in [1.82, 2.24) is 4.98 Å². The zero-order valence-electron chi connectivity index (χ0n) is 9.59. The van der Waals surface area contributed by atoms with E-state index in [1.54, 1.807) is 18.2 Å². The molecule has 0 fully saturated rings. The molecule has 0 atom stereocenters. The molecule has 2 aromatic rings. The van der Waals surface area contributed by atoms with E-state index < -0.39 is 10.0 Å². The van der Waals surface area contributed by atoms with Crippen LogP contribution in [-0.2, 0) is 10.0 Å². The van der Waals surface area contributed by atoms with Crippen LogP contribution in [0.3, 0.4) is 0 Å². The molecule has 0 aliphatic rings. The van der Waals surface area contributed by atoms with Gasteiger partial charge in [0.05, 0.1) is 0 Å². The Balaban J connectivity index is 2.33. The molecule has 6 heteroatoms. The third kappa shape index (κ3) is 3.08. The van der Waals surface area contributed by atoms with Gasteiger partial charge in [-0.05, 0) is 46.6 Å². The molecule has 0 saturated carbocycles. The Morgan fingerprint density at radius 2 is 2.00 bits per heavy atom. The average molecular weight is 327 g/mol. The smallest absolute Gasteiger partial charge is 0.263 e. The lowest BCUT2D eigenvalue weighted by atomic mass is 10.2. The number of nitrogens with zero attached hydrogens (tertiary/aromatic N) is 1. The first-order valence-corrected chi connectivity index (χ1v) is 7.45. The predicted molar refractivity (Wildman–Crippen MR) is 73.9 cm³/mol. The molecule has 1 N–H and O–H groups in total. The SMILES string of the molecule is Cc1cccc(NS(=O)(=O)c2cncc(Br)c2)c1. The molecule has 4 nitrogen and oxygen atoms in total. The minimum Gasteiger partial charge on any atom is -0.280 e. The predicted octanol–water partition coefficient (Wildman–Crippen LogP) is 2.95. The molecule has 94 valence electrons. The second kappa shape index (κ2) is 5.07. The number of pyridine rings is 1. The number of sulfonamides is 1. The Hall–Kier alpha value is -1.40. The van der Waals surface area contributed by atoms with Gasteiger partial charge in [0, 0.05) is 22.6 Å². The molecule has 1 aromatic heterocycles. The molecule has 0 bridgehead atoms. The Morgan fingerprint density at radius 3 is 2.67 bits per heavy atom. The lowest BCUT2D eigenvalue weighted by Crippen LogP contribution is -2.13. The molecule has 0 aliphatic heterocycles. The monoisotopic (exact) mass is 326 g/mol. The van der Waals surface area contributed by atoms with Crippen LogP contribution >= 0.6 is 15.9 Å². The lowest BCUT2D eigenvalue weighted by Gasteiger charge is -2.08. The van der Waals surface area contributed by atoms with Crippen LogP contribution in [0.1, 0.15) is 5.56 Å². The quantitative estimate of drug-likeness (QED) is 0.943. The summed E-state index contributed by atoms with van der Waals surface area (Å²) in [4.78, 5) is 3.97. The average Bonchev–Trinajstić information content (AvgIpc) is 2.28. The number of hydrogen-bond donors (Lipinski definition) is 1. The fourth-order valence-corrected chi connectivity index (χ4v) is 3.02. The lowest BCUT2D eigenvalue weighted by molar-refractivity contribution is 0.600.